The van der Waals surface area contributed by atoms with Gasteiger partial charge in [0.1, 0.15) is 0 Å². The van der Waals surface area contributed by atoms with Crippen molar-refractivity contribution in [3.8, 4) is 0 Å². The predicted molar refractivity (Wildman–Crippen MR) is 122 cm³/mol. The topological polar surface area (TPSA) is 46.4 Å². The number of benzene rings is 2. The van der Waals surface area contributed by atoms with E-state index in [0.717, 1.165) is 34.5 Å². The van der Waals surface area contributed by atoms with E-state index in [-0.39, 0.29) is 17.2 Å². The number of nitrogens with zero attached hydrogens (tertiary/aromatic N) is 2. The fourth-order valence-electron chi connectivity index (χ4n) is 5.38. The molecule has 0 aliphatic heterocycles. The van der Waals surface area contributed by atoms with Crippen LogP contribution in [0, 0.1) is 17.3 Å². The molecule has 0 unspecified atom stereocenters. The summed E-state index contributed by atoms with van der Waals surface area (Å²) in [6.45, 7) is 3.01. The molecule has 0 radical (unpaired) electrons. The third-order valence-corrected chi connectivity index (χ3v) is 7.33. The second-order valence-electron chi connectivity index (χ2n) is 8.93. The fourth-order valence-corrected chi connectivity index (χ4v) is 5.51. The lowest BCUT2D eigenvalue weighted by Crippen LogP contribution is -2.22. The zero-order valence-corrected chi connectivity index (χ0v) is 17.9. The van der Waals surface area contributed by atoms with Crippen molar-refractivity contribution in [1.29, 1.82) is 0 Å². The average molecular weight is 420 g/mol. The molecule has 154 valence electrons. The molecule has 3 atom stereocenters. The van der Waals surface area contributed by atoms with Gasteiger partial charge in [0.2, 0.25) is 5.91 Å². The smallest absolute Gasteiger partial charge is 0.244 e. The van der Waals surface area contributed by atoms with Crippen LogP contribution in [-0.2, 0) is 11.3 Å². The number of nitrogens with one attached hydrogen (secondary N) is 1. The molecule has 0 saturated heterocycles. The van der Waals surface area contributed by atoms with Crippen LogP contribution in [0.15, 0.2) is 59.8 Å². The standard InChI is InChI=1S/C25H26ClN3O/c1-25-13-5-4-7-21(25)23(25)24(30)28-27-14-18-16-29(22-8-3-2-6-20(18)22)15-17-9-11-19(26)12-10-17/h2-3,6,8-12,14,16,21,23H,4-5,7,13,15H2,1H3,(H,28,30)/b27-14-/t21-,23+,25-/m0/s1. The molecule has 2 aliphatic carbocycles. The quantitative estimate of drug-likeness (QED) is 0.423. The van der Waals surface area contributed by atoms with E-state index < -0.39 is 0 Å². The van der Waals surface area contributed by atoms with E-state index in [2.05, 4.69) is 40.3 Å². The molecule has 4 nitrogen and oxygen atoms in total. The van der Waals surface area contributed by atoms with E-state index in [4.69, 9.17) is 11.6 Å². The molecule has 1 amide bonds. The van der Waals surface area contributed by atoms with Crippen LogP contribution in [0.1, 0.15) is 43.7 Å². The van der Waals surface area contributed by atoms with E-state index in [0.29, 0.717) is 5.92 Å². The van der Waals surface area contributed by atoms with E-state index in [1.807, 2.05) is 36.4 Å². The molecule has 2 aromatic carbocycles. The first-order valence-corrected chi connectivity index (χ1v) is 11.1. The molecule has 30 heavy (non-hydrogen) atoms. The summed E-state index contributed by atoms with van der Waals surface area (Å²) in [5, 5.41) is 6.18. The number of fused-ring (bicyclic) bond motifs is 2. The molecule has 3 aromatic rings. The Bertz CT molecular complexity index is 1120. The van der Waals surface area contributed by atoms with Crippen molar-refractivity contribution in [2.45, 2.75) is 39.2 Å². The van der Waals surface area contributed by atoms with Crippen molar-refractivity contribution in [2.75, 3.05) is 0 Å². The lowest BCUT2D eigenvalue weighted by Gasteiger charge is -2.15. The highest BCUT2D eigenvalue weighted by Crippen LogP contribution is 2.66. The molecule has 2 aliphatic rings. The maximum Gasteiger partial charge on any atom is 0.244 e. The van der Waals surface area contributed by atoms with Gasteiger partial charge in [-0.15, -0.1) is 0 Å². The van der Waals surface area contributed by atoms with Gasteiger partial charge in [0.25, 0.3) is 0 Å². The largest absolute Gasteiger partial charge is 0.342 e. The van der Waals surface area contributed by atoms with Gasteiger partial charge in [0, 0.05) is 40.1 Å². The summed E-state index contributed by atoms with van der Waals surface area (Å²) in [4.78, 5) is 12.7. The van der Waals surface area contributed by atoms with Gasteiger partial charge < -0.3 is 4.57 Å². The first-order chi connectivity index (χ1) is 14.6. The van der Waals surface area contributed by atoms with Gasteiger partial charge in [0.05, 0.1) is 6.21 Å². The number of hydrogen-bond donors (Lipinski definition) is 1. The number of carbonyl (C=O) groups excluding carboxylic acids is 1. The normalized spacial score (nSPS) is 25.4. The molecule has 5 heteroatoms. The van der Waals surface area contributed by atoms with Gasteiger partial charge in [-0.25, -0.2) is 5.43 Å². The summed E-state index contributed by atoms with van der Waals surface area (Å²) < 4.78 is 2.21. The number of rotatable bonds is 5. The molecular formula is C25H26ClN3O. The van der Waals surface area contributed by atoms with E-state index in [9.17, 15) is 4.79 Å². The number of hydrazone groups is 1. The first kappa shape index (κ1) is 19.4. The first-order valence-electron chi connectivity index (χ1n) is 10.7. The Balaban J connectivity index is 1.33. The van der Waals surface area contributed by atoms with Gasteiger partial charge in [0.15, 0.2) is 0 Å². The minimum atomic E-state index is 0.0746. The van der Waals surface area contributed by atoms with Crippen molar-refractivity contribution < 1.29 is 4.79 Å². The molecule has 2 saturated carbocycles. The highest BCUT2D eigenvalue weighted by molar-refractivity contribution is 6.30. The second-order valence-corrected chi connectivity index (χ2v) is 9.36. The summed E-state index contributed by atoms with van der Waals surface area (Å²) in [5.74, 6) is 0.747. The Morgan fingerprint density at radius 1 is 1.23 bits per heavy atom. The molecule has 0 spiro atoms. The molecule has 1 N–H and O–H groups in total. The maximum absolute atomic E-state index is 12.7. The molecule has 2 fully saturated rings. The molecule has 5 rings (SSSR count). The summed E-state index contributed by atoms with van der Waals surface area (Å²) in [6, 6.07) is 16.2. The van der Waals surface area contributed by atoms with Crippen molar-refractivity contribution >= 4 is 34.6 Å². The van der Waals surface area contributed by atoms with Crippen molar-refractivity contribution in [1.82, 2.24) is 9.99 Å². The van der Waals surface area contributed by atoms with Gasteiger partial charge >= 0.3 is 0 Å². The van der Waals surface area contributed by atoms with E-state index in [1.165, 1.54) is 24.8 Å². The Kier molecular flexibility index (Phi) is 4.90. The van der Waals surface area contributed by atoms with E-state index >= 15 is 0 Å². The second kappa shape index (κ2) is 7.59. The molecule has 0 bridgehead atoms. The zero-order valence-electron chi connectivity index (χ0n) is 17.1. The predicted octanol–water partition coefficient (Wildman–Crippen LogP) is 5.62. The number of amides is 1. The van der Waals surface area contributed by atoms with Gasteiger partial charge in [-0.1, -0.05) is 61.7 Å². The Morgan fingerprint density at radius 3 is 2.80 bits per heavy atom. The monoisotopic (exact) mass is 419 g/mol. The minimum Gasteiger partial charge on any atom is -0.342 e. The third kappa shape index (κ3) is 3.43. The summed E-state index contributed by atoms with van der Waals surface area (Å²) in [5.41, 5.74) is 6.33. The van der Waals surface area contributed by atoms with Crippen molar-refractivity contribution in [3.63, 3.8) is 0 Å². The third-order valence-electron chi connectivity index (χ3n) is 7.08. The maximum atomic E-state index is 12.7. The SMILES string of the molecule is C[C@]12CCCC[C@H]1[C@@H]2C(=O)N/N=C\c1cn(Cc2ccc(Cl)cc2)c2ccccc12. The minimum absolute atomic E-state index is 0.0746. The van der Waals surface area contributed by atoms with Crippen molar-refractivity contribution in [3.05, 3.63) is 70.9 Å². The van der Waals surface area contributed by atoms with E-state index in [1.54, 1.807) is 6.21 Å². The van der Waals surface area contributed by atoms with Crippen LogP contribution in [0.3, 0.4) is 0 Å². The summed E-state index contributed by atoms with van der Waals surface area (Å²) in [7, 11) is 0. The van der Waals surface area contributed by atoms with Crippen LogP contribution in [0.5, 0.6) is 0 Å². The van der Waals surface area contributed by atoms with Gasteiger partial charge in [-0.3, -0.25) is 4.79 Å². The highest BCUT2D eigenvalue weighted by atomic mass is 35.5. The van der Waals surface area contributed by atoms with Crippen LogP contribution >= 0.6 is 11.6 Å². The number of carbonyl (C=O) groups is 1. The number of halogens is 1. The van der Waals surface area contributed by atoms with Gasteiger partial charge in [-0.05, 0) is 47.9 Å². The Hall–Kier alpha value is -2.59. The molecule has 1 heterocycles. The van der Waals surface area contributed by atoms with Crippen LogP contribution in [0.25, 0.3) is 10.9 Å². The molecular weight excluding hydrogens is 394 g/mol. The fraction of sp³-hybridized carbons (Fsp3) is 0.360. The average Bonchev–Trinajstić information content (AvgIpc) is 3.25. The van der Waals surface area contributed by atoms with Gasteiger partial charge in [-0.2, -0.15) is 5.10 Å². The van der Waals surface area contributed by atoms with Crippen LogP contribution in [-0.4, -0.2) is 16.7 Å². The molecule has 1 aromatic heterocycles. The lowest BCUT2D eigenvalue weighted by atomic mass is 9.90. The Labute approximate surface area is 181 Å². The van der Waals surface area contributed by atoms with Crippen molar-refractivity contribution in [2.24, 2.45) is 22.4 Å². The van der Waals surface area contributed by atoms with Crippen LogP contribution in [0.4, 0.5) is 0 Å². The van der Waals surface area contributed by atoms with Crippen LogP contribution < -0.4 is 5.43 Å². The number of aromatic nitrogens is 1. The Morgan fingerprint density at radius 2 is 2.03 bits per heavy atom. The highest BCUT2D eigenvalue weighted by Gasteiger charge is 2.64. The zero-order chi connectivity index (χ0) is 20.7. The number of hydrogen-bond acceptors (Lipinski definition) is 2. The lowest BCUT2D eigenvalue weighted by molar-refractivity contribution is -0.123. The summed E-state index contributed by atoms with van der Waals surface area (Å²) >= 11 is 6.01. The summed E-state index contributed by atoms with van der Waals surface area (Å²) in [6.07, 6.45) is 8.70. The number of para-hydroxylation sites is 1. The van der Waals surface area contributed by atoms with Crippen LogP contribution in [0.2, 0.25) is 5.02 Å².